The van der Waals surface area contributed by atoms with Crippen LogP contribution in [0.25, 0.3) is 0 Å². The summed E-state index contributed by atoms with van der Waals surface area (Å²) in [6.45, 7) is 7.59. The second-order valence-electron chi connectivity index (χ2n) is 4.88. The summed E-state index contributed by atoms with van der Waals surface area (Å²) in [7, 11) is 0. The number of rotatable bonds is 5. The van der Waals surface area contributed by atoms with Crippen molar-refractivity contribution in [3.63, 3.8) is 0 Å². The Bertz CT molecular complexity index is 484. The van der Waals surface area contributed by atoms with E-state index in [0.717, 1.165) is 0 Å². The summed E-state index contributed by atoms with van der Waals surface area (Å²) in [6.07, 6.45) is 0. The molecule has 5 nitrogen and oxygen atoms in total. The molecule has 0 fully saturated rings. The number of hydrogen-bond donors (Lipinski definition) is 0. The smallest absolute Gasteiger partial charge is 0.316 e. The standard InChI is InChI=1S/C14H19NO4/c1-5-19-13(16)14(4,10(2)3)11-7-6-8-12(9-11)15(17)18/h6-10H,5H2,1-4H3. The monoisotopic (exact) mass is 265 g/mol. The molecule has 1 aromatic carbocycles. The van der Waals surface area contributed by atoms with Crippen LogP contribution in [0.5, 0.6) is 0 Å². The van der Waals surface area contributed by atoms with Gasteiger partial charge in [0.25, 0.3) is 5.69 Å². The Morgan fingerprint density at radius 1 is 1.47 bits per heavy atom. The number of carbonyl (C=O) groups excluding carboxylic acids is 1. The number of hydrogen-bond acceptors (Lipinski definition) is 4. The van der Waals surface area contributed by atoms with Gasteiger partial charge in [0.05, 0.1) is 16.9 Å². The third kappa shape index (κ3) is 2.92. The Morgan fingerprint density at radius 3 is 2.58 bits per heavy atom. The summed E-state index contributed by atoms with van der Waals surface area (Å²) in [5, 5.41) is 10.8. The van der Waals surface area contributed by atoms with Gasteiger partial charge in [-0.05, 0) is 25.3 Å². The minimum Gasteiger partial charge on any atom is -0.465 e. The van der Waals surface area contributed by atoms with Crippen LogP contribution in [0.15, 0.2) is 24.3 Å². The average molecular weight is 265 g/mol. The molecule has 0 bridgehead atoms. The van der Waals surface area contributed by atoms with E-state index in [1.54, 1.807) is 26.0 Å². The molecule has 0 heterocycles. The van der Waals surface area contributed by atoms with E-state index in [9.17, 15) is 14.9 Å². The first kappa shape index (κ1) is 15.1. The first-order valence-electron chi connectivity index (χ1n) is 6.26. The summed E-state index contributed by atoms with van der Waals surface area (Å²) >= 11 is 0. The van der Waals surface area contributed by atoms with E-state index in [1.165, 1.54) is 12.1 Å². The van der Waals surface area contributed by atoms with Crippen LogP contribution >= 0.6 is 0 Å². The Hall–Kier alpha value is -1.91. The van der Waals surface area contributed by atoms with Gasteiger partial charge in [-0.1, -0.05) is 26.0 Å². The predicted octanol–water partition coefficient (Wildman–Crippen LogP) is 3.07. The fraction of sp³-hybridized carbons (Fsp3) is 0.500. The zero-order valence-corrected chi connectivity index (χ0v) is 11.7. The number of esters is 1. The van der Waals surface area contributed by atoms with Gasteiger partial charge < -0.3 is 4.74 Å². The maximum Gasteiger partial charge on any atom is 0.316 e. The third-order valence-electron chi connectivity index (χ3n) is 3.51. The van der Waals surface area contributed by atoms with Gasteiger partial charge in [-0.2, -0.15) is 0 Å². The van der Waals surface area contributed by atoms with E-state index < -0.39 is 10.3 Å². The van der Waals surface area contributed by atoms with E-state index in [2.05, 4.69) is 0 Å². The van der Waals surface area contributed by atoms with Crippen LogP contribution in [0.2, 0.25) is 0 Å². The second-order valence-corrected chi connectivity index (χ2v) is 4.88. The molecule has 0 amide bonds. The lowest BCUT2D eigenvalue weighted by molar-refractivity contribution is -0.385. The highest BCUT2D eigenvalue weighted by Crippen LogP contribution is 2.35. The second kappa shape index (κ2) is 5.82. The number of benzene rings is 1. The zero-order chi connectivity index (χ0) is 14.6. The number of nitro benzene ring substituents is 1. The molecule has 0 saturated carbocycles. The molecule has 0 aliphatic carbocycles. The minimum absolute atomic E-state index is 0.0197. The molecule has 1 rings (SSSR count). The lowest BCUT2D eigenvalue weighted by Gasteiger charge is -2.31. The van der Waals surface area contributed by atoms with E-state index in [0.29, 0.717) is 5.56 Å². The highest BCUT2D eigenvalue weighted by molar-refractivity contribution is 5.83. The van der Waals surface area contributed by atoms with Crippen molar-refractivity contribution in [2.24, 2.45) is 5.92 Å². The minimum atomic E-state index is -0.887. The molecule has 0 N–H and O–H groups in total. The normalized spacial score (nSPS) is 13.9. The van der Waals surface area contributed by atoms with Crippen molar-refractivity contribution >= 4 is 11.7 Å². The molecular weight excluding hydrogens is 246 g/mol. The van der Waals surface area contributed by atoms with Crippen molar-refractivity contribution < 1.29 is 14.5 Å². The average Bonchev–Trinajstić information content (AvgIpc) is 2.37. The summed E-state index contributed by atoms with van der Waals surface area (Å²) in [5.74, 6) is -0.390. The molecule has 104 valence electrons. The summed E-state index contributed by atoms with van der Waals surface area (Å²) in [5.41, 5.74) is -0.300. The molecule has 5 heteroatoms. The van der Waals surface area contributed by atoms with E-state index >= 15 is 0 Å². The van der Waals surface area contributed by atoms with Crippen LogP contribution in [0.3, 0.4) is 0 Å². The maximum atomic E-state index is 12.2. The van der Waals surface area contributed by atoms with Crippen molar-refractivity contribution in [2.75, 3.05) is 6.61 Å². The van der Waals surface area contributed by atoms with Crippen LogP contribution in [0.4, 0.5) is 5.69 Å². The topological polar surface area (TPSA) is 69.4 Å². The fourth-order valence-corrected chi connectivity index (χ4v) is 1.91. The van der Waals surface area contributed by atoms with Crippen LogP contribution in [-0.4, -0.2) is 17.5 Å². The van der Waals surface area contributed by atoms with Crippen LogP contribution in [-0.2, 0) is 14.9 Å². The van der Waals surface area contributed by atoms with Crippen molar-refractivity contribution in [3.8, 4) is 0 Å². The van der Waals surface area contributed by atoms with Crippen LogP contribution < -0.4 is 0 Å². The Labute approximate surface area is 112 Å². The largest absolute Gasteiger partial charge is 0.465 e. The fourth-order valence-electron chi connectivity index (χ4n) is 1.91. The van der Waals surface area contributed by atoms with Gasteiger partial charge in [-0.15, -0.1) is 0 Å². The molecule has 1 aromatic rings. The number of carbonyl (C=O) groups is 1. The highest BCUT2D eigenvalue weighted by Gasteiger charge is 2.40. The summed E-state index contributed by atoms with van der Waals surface area (Å²) in [4.78, 5) is 22.6. The van der Waals surface area contributed by atoms with Gasteiger partial charge >= 0.3 is 5.97 Å². The lowest BCUT2D eigenvalue weighted by atomic mass is 9.73. The van der Waals surface area contributed by atoms with Gasteiger partial charge in [0.15, 0.2) is 0 Å². The number of nitrogens with zero attached hydrogens (tertiary/aromatic N) is 1. The van der Waals surface area contributed by atoms with Gasteiger partial charge in [-0.25, -0.2) is 0 Å². The molecule has 1 atom stereocenters. The molecule has 0 saturated heterocycles. The predicted molar refractivity (Wildman–Crippen MR) is 71.9 cm³/mol. The first-order chi connectivity index (χ1) is 8.83. The first-order valence-corrected chi connectivity index (χ1v) is 6.26. The van der Waals surface area contributed by atoms with Crippen LogP contribution in [0.1, 0.15) is 33.3 Å². The van der Waals surface area contributed by atoms with Crippen molar-refractivity contribution in [2.45, 2.75) is 33.1 Å². The molecule has 0 aliphatic rings. The number of nitro groups is 1. The van der Waals surface area contributed by atoms with Crippen molar-refractivity contribution in [1.82, 2.24) is 0 Å². The number of non-ortho nitro benzene ring substituents is 1. The SMILES string of the molecule is CCOC(=O)C(C)(c1cccc([N+](=O)[O-])c1)C(C)C. The Balaban J connectivity index is 3.30. The van der Waals surface area contributed by atoms with Crippen LogP contribution in [0, 0.1) is 16.0 Å². The van der Waals surface area contributed by atoms with E-state index in [4.69, 9.17) is 4.74 Å². The van der Waals surface area contributed by atoms with Crippen molar-refractivity contribution in [3.05, 3.63) is 39.9 Å². The molecule has 19 heavy (non-hydrogen) atoms. The summed E-state index contributed by atoms with van der Waals surface area (Å²) in [6, 6.07) is 6.17. The molecule has 0 spiro atoms. The van der Waals surface area contributed by atoms with Gasteiger partial charge in [0.2, 0.25) is 0 Å². The molecule has 0 aromatic heterocycles. The molecule has 1 unspecified atom stereocenters. The van der Waals surface area contributed by atoms with Gasteiger partial charge in [-0.3, -0.25) is 14.9 Å². The third-order valence-corrected chi connectivity index (χ3v) is 3.51. The van der Waals surface area contributed by atoms with Crippen molar-refractivity contribution in [1.29, 1.82) is 0 Å². The Morgan fingerprint density at radius 2 is 2.11 bits per heavy atom. The van der Waals surface area contributed by atoms with E-state index in [1.807, 2.05) is 13.8 Å². The quantitative estimate of drug-likeness (QED) is 0.466. The highest BCUT2D eigenvalue weighted by atomic mass is 16.6. The molecule has 0 radical (unpaired) electrons. The lowest BCUT2D eigenvalue weighted by Crippen LogP contribution is -2.39. The van der Waals surface area contributed by atoms with Gasteiger partial charge in [0.1, 0.15) is 0 Å². The molecular formula is C14H19NO4. The van der Waals surface area contributed by atoms with Gasteiger partial charge in [0, 0.05) is 12.1 Å². The Kier molecular flexibility index (Phi) is 4.64. The maximum absolute atomic E-state index is 12.2. The molecule has 0 aliphatic heterocycles. The number of ether oxygens (including phenoxy) is 1. The zero-order valence-electron chi connectivity index (χ0n) is 11.7. The summed E-state index contributed by atoms with van der Waals surface area (Å²) < 4.78 is 5.11. The van der Waals surface area contributed by atoms with E-state index in [-0.39, 0.29) is 24.2 Å².